The van der Waals surface area contributed by atoms with Crippen LogP contribution in [0.1, 0.15) is 0 Å². The summed E-state index contributed by atoms with van der Waals surface area (Å²) in [7, 11) is 0. The van der Waals surface area contributed by atoms with Gasteiger partial charge in [0.1, 0.15) is 0 Å². The molecule has 504 valence electrons. The lowest BCUT2D eigenvalue weighted by Gasteiger charge is -2.27. The highest BCUT2D eigenvalue weighted by Gasteiger charge is 2.20. The van der Waals surface area contributed by atoms with Crippen LogP contribution < -0.4 is 14.7 Å². The minimum Gasteiger partial charge on any atom is -0.310 e. The molecular formula is C100H68Br3N3. The van der Waals surface area contributed by atoms with Crippen molar-refractivity contribution in [3.63, 3.8) is 0 Å². The molecule has 19 aromatic carbocycles. The molecule has 0 N–H and O–H groups in total. The third-order valence-corrected chi connectivity index (χ3v) is 21.5. The highest BCUT2D eigenvalue weighted by molar-refractivity contribution is 9.11. The van der Waals surface area contributed by atoms with Crippen LogP contribution in [0.3, 0.4) is 0 Å². The summed E-state index contributed by atoms with van der Waals surface area (Å²) in [6, 6.07) is 147. The van der Waals surface area contributed by atoms with Gasteiger partial charge in [0, 0.05) is 64.3 Å². The molecule has 0 fully saturated rings. The van der Waals surface area contributed by atoms with Crippen molar-refractivity contribution in [1.29, 1.82) is 0 Å². The van der Waals surface area contributed by atoms with Gasteiger partial charge in [0.05, 0.1) is 5.69 Å². The molecule has 0 amide bonds. The molecule has 6 heteroatoms. The molecule has 0 radical (unpaired) electrons. The number of benzene rings is 19. The van der Waals surface area contributed by atoms with Crippen molar-refractivity contribution in [1.82, 2.24) is 0 Å². The van der Waals surface area contributed by atoms with Crippen molar-refractivity contribution in [2.75, 3.05) is 14.7 Å². The number of hydrogen-bond acceptors (Lipinski definition) is 3. The minimum absolute atomic E-state index is 1.10. The molecule has 0 aromatic heterocycles. The van der Waals surface area contributed by atoms with E-state index in [0.29, 0.717) is 0 Å². The SMILES string of the molecule is Brc1ccc(-c2ccc(N(c3ccccc3)c3ccccc3)c3ccccc23)c2ccccc12.Brc1ccc2c(ccc3cc(N(c4ccccc4)c4ccc(-c5cccc6ccccc56)cc4)ccc32)c1.Brc1ccc2cc(-c3ccc4cc(N(c5ccccc5)c5ccccc5)ccc4c3)ccc2c1. The van der Waals surface area contributed by atoms with Gasteiger partial charge in [-0.3, -0.25) is 0 Å². The molecule has 0 bridgehead atoms. The van der Waals surface area contributed by atoms with Gasteiger partial charge in [0.15, 0.2) is 0 Å². The molecular weight excluding hydrogens is 1480 g/mol. The summed E-state index contributed by atoms with van der Waals surface area (Å²) in [5, 5.41) is 17.4. The first kappa shape index (κ1) is 67.0. The zero-order valence-corrected chi connectivity index (χ0v) is 62.5. The third kappa shape index (κ3) is 13.9. The van der Waals surface area contributed by atoms with Crippen LogP contribution in [0, 0.1) is 0 Å². The van der Waals surface area contributed by atoms with Gasteiger partial charge in [-0.15, -0.1) is 0 Å². The molecule has 0 aliphatic carbocycles. The van der Waals surface area contributed by atoms with E-state index in [1.54, 1.807) is 0 Å². The molecule has 19 aromatic rings. The van der Waals surface area contributed by atoms with Crippen molar-refractivity contribution >= 4 is 174 Å². The van der Waals surface area contributed by atoms with Gasteiger partial charge >= 0.3 is 0 Å². The number of rotatable bonds is 12. The van der Waals surface area contributed by atoms with Crippen LogP contribution in [0.2, 0.25) is 0 Å². The Morgan fingerprint density at radius 3 is 1.08 bits per heavy atom. The van der Waals surface area contributed by atoms with Crippen molar-refractivity contribution in [3.05, 3.63) is 426 Å². The van der Waals surface area contributed by atoms with Crippen LogP contribution in [0.5, 0.6) is 0 Å². The van der Waals surface area contributed by atoms with Gasteiger partial charge < -0.3 is 14.7 Å². The maximum absolute atomic E-state index is 3.73. The second-order valence-corrected chi connectivity index (χ2v) is 29.1. The third-order valence-electron chi connectivity index (χ3n) is 19.9. The first-order valence-corrected chi connectivity index (χ1v) is 38.0. The molecule has 0 saturated heterocycles. The van der Waals surface area contributed by atoms with Gasteiger partial charge in [0.25, 0.3) is 0 Å². The predicted molar refractivity (Wildman–Crippen MR) is 465 cm³/mol. The van der Waals surface area contributed by atoms with E-state index in [4.69, 9.17) is 0 Å². The summed E-state index contributed by atoms with van der Waals surface area (Å²) in [6.07, 6.45) is 0. The van der Waals surface area contributed by atoms with E-state index >= 15 is 0 Å². The van der Waals surface area contributed by atoms with E-state index in [1.807, 2.05) is 0 Å². The van der Waals surface area contributed by atoms with Gasteiger partial charge in [-0.05, 0) is 249 Å². The molecule has 0 aliphatic heterocycles. The molecule has 19 rings (SSSR count). The standard InChI is InChI=1S/C36H24BrN.2C32H22BrN/c37-29-17-21-35-27(23-29)13-14-28-24-32(20-22-36(28)35)38(30-9-2-1-3-10-30)31-18-15-26(16-19-31)34-12-6-8-25-7-4-5-11-33(25)34;33-31-21-19-27(25-15-7-9-17-29(25)31)28-20-22-32(30-18-10-8-16-26(28)30)34(23-11-3-1-4-12-23)24-13-5-2-6-14-24;33-29-17-15-25-19-23(11-13-27(25)21-29)24-12-14-28-22-32(18-16-26(28)20-24)34(30-7-3-1-4-8-30)31-9-5-2-6-10-31/h1-24H;2*1-22H. The summed E-state index contributed by atoms with van der Waals surface area (Å²) in [5.41, 5.74) is 17.7. The lowest BCUT2D eigenvalue weighted by Crippen LogP contribution is -2.10. The van der Waals surface area contributed by atoms with Gasteiger partial charge in [0.2, 0.25) is 0 Å². The van der Waals surface area contributed by atoms with E-state index < -0.39 is 0 Å². The molecule has 0 atom stereocenters. The lowest BCUT2D eigenvalue weighted by atomic mass is 9.93. The molecule has 3 nitrogen and oxygen atoms in total. The second kappa shape index (κ2) is 30.3. The van der Waals surface area contributed by atoms with Gasteiger partial charge in [-0.25, -0.2) is 0 Å². The monoisotopic (exact) mass is 1550 g/mol. The summed E-state index contributed by atoms with van der Waals surface area (Å²) in [4.78, 5) is 6.97. The minimum atomic E-state index is 1.10. The number of anilines is 9. The topological polar surface area (TPSA) is 9.72 Å². The summed E-state index contributed by atoms with van der Waals surface area (Å²) in [6.45, 7) is 0. The van der Waals surface area contributed by atoms with Crippen molar-refractivity contribution in [2.45, 2.75) is 0 Å². The zero-order valence-electron chi connectivity index (χ0n) is 57.7. The molecule has 0 spiro atoms. The highest BCUT2D eigenvalue weighted by Crippen LogP contribution is 2.46. The van der Waals surface area contributed by atoms with E-state index in [2.05, 4.69) is 475 Å². The maximum atomic E-state index is 3.73. The number of hydrogen-bond donors (Lipinski definition) is 0. The van der Waals surface area contributed by atoms with E-state index in [-0.39, 0.29) is 0 Å². The van der Waals surface area contributed by atoms with E-state index in [0.717, 1.165) is 64.6 Å². The summed E-state index contributed by atoms with van der Waals surface area (Å²) >= 11 is 10.9. The summed E-state index contributed by atoms with van der Waals surface area (Å²) in [5.74, 6) is 0. The maximum Gasteiger partial charge on any atom is 0.0540 e. The second-order valence-electron chi connectivity index (χ2n) is 26.4. The largest absolute Gasteiger partial charge is 0.310 e. The summed E-state index contributed by atoms with van der Waals surface area (Å²) < 4.78 is 3.32. The van der Waals surface area contributed by atoms with Gasteiger partial charge in [-0.2, -0.15) is 0 Å². The highest BCUT2D eigenvalue weighted by atomic mass is 79.9. The van der Waals surface area contributed by atoms with E-state index in [1.165, 1.54) is 109 Å². The first-order chi connectivity index (χ1) is 52.3. The fourth-order valence-corrected chi connectivity index (χ4v) is 16.0. The number of para-hydroxylation sites is 5. The molecule has 0 heterocycles. The number of fused-ring (bicyclic) bond motifs is 8. The van der Waals surface area contributed by atoms with Crippen molar-refractivity contribution in [3.8, 4) is 33.4 Å². The quantitative estimate of drug-likeness (QED) is 0.113. The Kier molecular flexibility index (Phi) is 19.1. The average molecular weight is 1550 g/mol. The Hall–Kier alpha value is -12.2. The van der Waals surface area contributed by atoms with Crippen LogP contribution in [0.4, 0.5) is 51.2 Å². The number of nitrogens with zero attached hydrogens (tertiary/aromatic N) is 3. The van der Waals surface area contributed by atoms with Gasteiger partial charge in [-0.1, -0.05) is 315 Å². The van der Waals surface area contributed by atoms with E-state index in [9.17, 15) is 0 Å². The fourth-order valence-electron chi connectivity index (χ4n) is 14.8. The molecule has 0 aliphatic rings. The average Bonchev–Trinajstić information content (AvgIpc) is 0.760. The Labute approximate surface area is 643 Å². The van der Waals surface area contributed by atoms with Crippen LogP contribution in [0.25, 0.3) is 109 Å². The van der Waals surface area contributed by atoms with Crippen LogP contribution in [0.15, 0.2) is 426 Å². The first-order valence-electron chi connectivity index (χ1n) is 35.6. The lowest BCUT2D eigenvalue weighted by molar-refractivity contribution is 1.29. The van der Waals surface area contributed by atoms with Crippen molar-refractivity contribution in [2.24, 2.45) is 0 Å². The normalized spacial score (nSPS) is 11.2. The molecule has 0 unspecified atom stereocenters. The Balaban J connectivity index is 0.000000117. The fraction of sp³-hybridized carbons (Fsp3) is 0. The van der Waals surface area contributed by atoms with Crippen LogP contribution in [-0.2, 0) is 0 Å². The predicted octanol–water partition coefficient (Wildman–Crippen LogP) is 30.8. The molecule has 0 saturated carbocycles. The smallest absolute Gasteiger partial charge is 0.0540 e. The zero-order chi connectivity index (χ0) is 71.3. The van der Waals surface area contributed by atoms with Crippen LogP contribution in [-0.4, -0.2) is 0 Å². The number of halogens is 3. The molecule has 106 heavy (non-hydrogen) atoms. The Morgan fingerprint density at radius 2 is 0.509 bits per heavy atom. The Morgan fingerprint density at radius 1 is 0.160 bits per heavy atom. The van der Waals surface area contributed by atoms with Crippen molar-refractivity contribution < 1.29 is 0 Å². The Bertz CT molecular complexity index is 6290. The van der Waals surface area contributed by atoms with Crippen LogP contribution >= 0.6 is 47.8 Å².